The first kappa shape index (κ1) is 27.2. The van der Waals surface area contributed by atoms with Crippen LogP contribution in [0.15, 0.2) is 71.5 Å². The first-order valence-corrected chi connectivity index (χ1v) is 12.7. The number of nitrogens with zero attached hydrogens (tertiary/aromatic N) is 1. The summed E-state index contributed by atoms with van der Waals surface area (Å²) in [6.07, 6.45) is -0.0273. The largest absolute Gasteiger partial charge is 0.496 e. The Morgan fingerprint density at radius 1 is 1.16 bits per heavy atom. The fourth-order valence-electron chi connectivity index (χ4n) is 4.00. The molecular formula is C27H25FIN3O6. The Morgan fingerprint density at radius 3 is 2.58 bits per heavy atom. The van der Waals surface area contributed by atoms with Gasteiger partial charge in [-0.3, -0.25) is 4.79 Å². The zero-order valence-electron chi connectivity index (χ0n) is 20.3. The molecule has 38 heavy (non-hydrogen) atoms. The van der Waals surface area contributed by atoms with Gasteiger partial charge >= 0.3 is 5.69 Å². The number of hydrogen-bond donors (Lipinski definition) is 4. The summed E-state index contributed by atoms with van der Waals surface area (Å²) in [5, 5.41) is 22.6. The normalized spacial score (nSPS) is 11.7. The first-order chi connectivity index (χ1) is 18.3. The number of carbonyl (C=O) groups is 1. The van der Waals surface area contributed by atoms with Crippen molar-refractivity contribution in [1.82, 2.24) is 9.55 Å². The summed E-state index contributed by atoms with van der Waals surface area (Å²) in [5.74, 6) is -0.801. The van der Waals surface area contributed by atoms with E-state index in [2.05, 4.69) is 10.3 Å². The number of ether oxygens (including phenoxy) is 2. The Kier molecular flexibility index (Phi) is 8.69. The molecule has 9 nitrogen and oxygen atoms in total. The molecule has 0 aliphatic heterocycles. The van der Waals surface area contributed by atoms with Gasteiger partial charge in [0.2, 0.25) is 11.8 Å². The number of aromatic nitrogens is 2. The van der Waals surface area contributed by atoms with Crippen LogP contribution in [0.4, 0.5) is 10.1 Å². The molecule has 1 atom stereocenters. The molecule has 4 rings (SSSR count). The van der Waals surface area contributed by atoms with Crippen molar-refractivity contribution < 1.29 is 28.9 Å². The van der Waals surface area contributed by atoms with Crippen molar-refractivity contribution >= 4 is 34.2 Å². The number of halogens is 2. The smallest absolute Gasteiger partial charge is 0.329 e. The van der Waals surface area contributed by atoms with Gasteiger partial charge in [0.1, 0.15) is 35.7 Å². The number of anilines is 1. The quantitative estimate of drug-likeness (QED) is 0.195. The number of amides is 1. The third-order valence-electron chi connectivity index (χ3n) is 5.81. The zero-order chi connectivity index (χ0) is 27.2. The molecule has 0 fully saturated rings. The average molecular weight is 633 g/mol. The van der Waals surface area contributed by atoms with Gasteiger partial charge in [0.15, 0.2) is 0 Å². The lowest BCUT2D eigenvalue weighted by molar-refractivity contribution is -0.119. The fraction of sp³-hybridized carbons (Fsp3) is 0.185. The van der Waals surface area contributed by atoms with E-state index in [0.717, 1.165) is 4.57 Å². The minimum atomic E-state index is -1.25. The predicted octanol–water partition coefficient (Wildman–Crippen LogP) is 4.09. The molecule has 3 aromatic carbocycles. The van der Waals surface area contributed by atoms with Crippen molar-refractivity contribution in [3.8, 4) is 28.6 Å². The first-order valence-electron chi connectivity index (χ1n) is 11.6. The Hall–Kier alpha value is -3.84. The highest BCUT2D eigenvalue weighted by Gasteiger charge is 2.29. The van der Waals surface area contributed by atoms with Crippen LogP contribution in [0.5, 0.6) is 17.4 Å². The van der Waals surface area contributed by atoms with Crippen LogP contribution < -0.4 is 20.5 Å². The number of rotatable bonds is 10. The minimum absolute atomic E-state index is 0.0273. The van der Waals surface area contributed by atoms with E-state index in [1.54, 1.807) is 54.6 Å². The molecule has 0 spiro atoms. The molecular weight excluding hydrogens is 608 g/mol. The minimum Gasteiger partial charge on any atom is -0.496 e. The van der Waals surface area contributed by atoms with E-state index in [1.807, 2.05) is 22.6 Å². The molecule has 0 radical (unpaired) electrons. The molecule has 198 valence electrons. The Labute approximate surface area is 231 Å². The number of aromatic amines is 1. The molecule has 4 N–H and O–H groups in total. The van der Waals surface area contributed by atoms with Crippen LogP contribution in [0.1, 0.15) is 11.6 Å². The van der Waals surface area contributed by atoms with Crippen LogP contribution >= 0.6 is 22.6 Å². The third kappa shape index (κ3) is 6.00. The van der Waals surface area contributed by atoms with E-state index >= 15 is 0 Å². The molecule has 0 aliphatic carbocycles. The summed E-state index contributed by atoms with van der Waals surface area (Å²) >= 11 is 1.96. The Morgan fingerprint density at radius 2 is 1.89 bits per heavy atom. The summed E-state index contributed by atoms with van der Waals surface area (Å²) in [6, 6.07) is 16.6. The van der Waals surface area contributed by atoms with Gasteiger partial charge in [0, 0.05) is 15.6 Å². The summed E-state index contributed by atoms with van der Waals surface area (Å²) < 4.78 is 26.9. The molecule has 4 aromatic rings. The standard InChI is InChI=1S/C27H25FIN3O6/c1-37-23-5-3-2-4-17(23)14-22(25(34)30-21-11-8-18(29)15-20(21)28)32-26(35)24(31-27(32)36)16-6-9-19(10-7-16)38-13-12-33/h2-11,15,22,33,35H,12-14H2,1H3,(H,30,34)(H,31,36)/t22-/m0/s1. The molecule has 0 bridgehead atoms. The molecule has 1 aromatic heterocycles. The second kappa shape index (κ2) is 12.1. The molecule has 1 amide bonds. The molecule has 0 aliphatic rings. The van der Waals surface area contributed by atoms with E-state index in [9.17, 15) is 19.1 Å². The van der Waals surface area contributed by atoms with Gasteiger partial charge in [-0.05, 0) is 76.7 Å². The van der Waals surface area contributed by atoms with Gasteiger partial charge in [-0.1, -0.05) is 18.2 Å². The van der Waals surface area contributed by atoms with Gasteiger partial charge in [-0.2, -0.15) is 0 Å². The van der Waals surface area contributed by atoms with Crippen LogP contribution in [-0.4, -0.2) is 46.0 Å². The maximum atomic E-state index is 14.5. The summed E-state index contributed by atoms with van der Waals surface area (Å²) in [6.45, 7) is -0.0147. The number of aliphatic hydroxyl groups excluding tert-OH is 1. The maximum absolute atomic E-state index is 14.5. The zero-order valence-corrected chi connectivity index (χ0v) is 22.4. The van der Waals surface area contributed by atoms with E-state index in [-0.39, 0.29) is 31.0 Å². The molecule has 0 saturated carbocycles. The van der Waals surface area contributed by atoms with Crippen LogP contribution in [-0.2, 0) is 11.2 Å². The molecule has 1 heterocycles. The third-order valence-corrected chi connectivity index (χ3v) is 6.49. The number of para-hydroxylation sites is 1. The van der Waals surface area contributed by atoms with Crippen molar-refractivity contribution in [1.29, 1.82) is 0 Å². The topological polar surface area (TPSA) is 126 Å². The van der Waals surface area contributed by atoms with Crippen molar-refractivity contribution in [3.05, 3.63) is 92.2 Å². The van der Waals surface area contributed by atoms with Crippen molar-refractivity contribution in [2.75, 3.05) is 25.6 Å². The SMILES string of the molecule is COc1ccccc1C[C@@H](C(=O)Nc1ccc(I)cc1F)n1c(O)c(-c2ccc(OCCO)cc2)[nH]c1=O. The monoisotopic (exact) mass is 633 g/mol. The van der Waals surface area contributed by atoms with Gasteiger partial charge in [-0.25, -0.2) is 13.8 Å². The number of aliphatic hydroxyl groups is 1. The van der Waals surface area contributed by atoms with Gasteiger partial charge < -0.3 is 30.0 Å². The predicted molar refractivity (Wildman–Crippen MR) is 148 cm³/mol. The van der Waals surface area contributed by atoms with Gasteiger partial charge in [0.25, 0.3) is 0 Å². The highest BCUT2D eigenvalue weighted by Crippen LogP contribution is 2.32. The second-order valence-corrected chi connectivity index (χ2v) is 9.49. The van der Waals surface area contributed by atoms with Gasteiger partial charge in [-0.15, -0.1) is 0 Å². The number of hydrogen-bond acceptors (Lipinski definition) is 6. The highest BCUT2D eigenvalue weighted by molar-refractivity contribution is 14.1. The molecule has 0 unspecified atom stereocenters. The van der Waals surface area contributed by atoms with Gasteiger partial charge in [0.05, 0.1) is 19.4 Å². The van der Waals surface area contributed by atoms with E-state index in [1.165, 1.54) is 19.2 Å². The number of methoxy groups -OCH3 is 1. The number of benzene rings is 3. The second-order valence-electron chi connectivity index (χ2n) is 8.24. The number of aromatic hydroxyl groups is 1. The van der Waals surface area contributed by atoms with Crippen LogP contribution in [0.2, 0.25) is 0 Å². The van der Waals surface area contributed by atoms with Crippen LogP contribution in [0, 0.1) is 9.39 Å². The number of carbonyl (C=O) groups excluding carboxylic acids is 1. The number of nitrogens with one attached hydrogen (secondary N) is 2. The van der Waals surface area contributed by atoms with Crippen molar-refractivity contribution in [3.63, 3.8) is 0 Å². The highest BCUT2D eigenvalue weighted by atomic mass is 127. The maximum Gasteiger partial charge on any atom is 0.329 e. The average Bonchev–Trinajstić information content (AvgIpc) is 3.21. The lowest BCUT2D eigenvalue weighted by atomic mass is 10.0. The Balaban J connectivity index is 1.74. The number of H-pyrrole nitrogens is 1. The summed E-state index contributed by atoms with van der Waals surface area (Å²) in [4.78, 5) is 29.2. The fourth-order valence-corrected chi connectivity index (χ4v) is 4.45. The van der Waals surface area contributed by atoms with E-state index in [0.29, 0.717) is 26.2 Å². The summed E-state index contributed by atoms with van der Waals surface area (Å²) in [5.41, 5.74) is 0.396. The van der Waals surface area contributed by atoms with E-state index in [4.69, 9.17) is 14.6 Å². The van der Waals surface area contributed by atoms with E-state index < -0.39 is 29.3 Å². The van der Waals surface area contributed by atoms with Crippen molar-refractivity contribution in [2.45, 2.75) is 12.5 Å². The molecule has 11 heteroatoms. The van der Waals surface area contributed by atoms with Crippen LogP contribution in [0.25, 0.3) is 11.3 Å². The van der Waals surface area contributed by atoms with Crippen molar-refractivity contribution in [2.24, 2.45) is 0 Å². The number of imidazole rings is 1. The Bertz CT molecular complexity index is 1490. The summed E-state index contributed by atoms with van der Waals surface area (Å²) in [7, 11) is 1.49. The lowest BCUT2D eigenvalue weighted by Crippen LogP contribution is -2.33. The molecule has 0 saturated heterocycles. The van der Waals surface area contributed by atoms with Crippen LogP contribution in [0.3, 0.4) is 0 Å². The lowest BCUT2D eigenvalue weighted by Gasteiger charge is -2.20.